The molecule has 0 unspecified atom stereocenters. The Bertz CT molecular complexity index is 1710. The van der Waals surface area contributed by atoms with Gasteiger partial charge in [-0.15, -0.1) is 0 Å². The maximum atomic E-state index is 12.9. The SMILES string of the molecule is Cc1ccc(-c2ccc(/C=C/C(=O)Nc3cc(Cl)ccc3N3CCN(C(=O)/C=C/c4ccccc4)CC3)o2)c([N+](=O)[O-])c1. The number of hydrogen-bond donors (Lipinski definition) is 1. The number of rotatable bonds is 8. The van der Waals surface area contributed by atoms with E-state index in [4.69, 9.17) is 16.0 Å². The van der Waals surface area contributed by atoms with Gasteiger partial charge in [0.25, 0.3) is 5.69 Å². The highest BCUT2D eigenvalue weighted by molar-refractivity contribution is 6.31. The minimum Gasteiger partial charge on any atom is -0.456 e. The van der Waals surface area contributed by atoms with Gasteiger partial charge in [0.15, 0.2) is 0 Å². The third-order valence-corrected chi connectivity index (χ3v) is 7.24. The molecule has 1 aliphatic rings. The van der Waals surface area contributed by atoms with Crippen molar-refractivity contribution in [3.05, 3.63) is 123 Å². The van der Waals surface area contributed by atoms with Crippen molar-refractivity contribution in [1.82, 2.24) is 4.90 Å². The highest BCUT2D eigenvalue weighted by Gasteiger charge is 2.22. The molecule has 5 rings (SSSR count). The number of nitro groups is 1. The molecule has 43 heavy (non-hydrogen) atoms. The van der Waals surface area contributed by atoms with E-state index in [0.29, 0.717) is 54.0 Å². The lowest BCUT2D eigenvalue weighted by atomic mass is 10.1. The quantitative estimate of drug-likeness (QED) is 0.136. The predicted octanol–water partition coefficient (Wildman–Crippen LogP) is 6.83. The molecular formula is C33H29ClN4O5. The van der Waals surface area contributed by atoms with E-state index in [2.05, 4.69) is 10.2 Å². The fourth-order valence-corrected chi connectivity index (χ4v) is 4.98. The van der Waals surface area contributed by atoms with E-state index in [-0.39, 0.29) is 11.6 Å². The van der Waals surface area contributed by atoms with Crippen molar-refractivity contribution < 1.29 is 18.9 Å². The van der Waals surface area contributed by atoms with Gasteiger partial charge in [0.2, 0.25) is 11.8 Å². The lowest BCUT2D eigenvalue weighted by Gasteiger charge is -2.36. The number of aryl methyl sites for hydroxylation is 1. The van der Waals surface area contributed by atoms with Crippen LogP contribution < -0.4 is 10.2 Å². The first kappa shape index (κ1) is 29.3. The molecule has 2 amide bonds. The summed E-state index contributed by atoms with van der Waals surface area (Å²) in [6.45, 7) is 4.03. The summed E-state index contributed by atoms with van der Waals surface area (Å²) in [6.07, 6.45) is 6.23. The fourth-order valence-electron chi connectivity index (χ4n) is 4.81. The third kappa shape index (κ3) is 7.38. The van der Waals surface area contributed by atoms with E-state index in [0.717, 1.165) is 16.8 Å². The number of benzene rings is 3. The number of hydrogen-bond acceptors (Lipinski definition) is 6. The lowest BCUT2D eigenvalue weighted by molar-refractivity contribution is -0.384. The summed E-state index contributed by atoms with van der Waals surface area (Å²) in [6, 6.07) is 23.1. The van der Waals surface area contributed by atoms with Gasteiger partial charge in [0, 0.05) is 49.4 Å². The summed E-state index contributed by atoms with van der Waals surface area (Å²) in [7, 11) is 0. The Morgan fingerprint density at radius 3 is 2.44 bits per heavy atom. The van der Waals surface area contributed by atoms with E-state index in [9.17, 15) is 19.7 Å². The molecule has 1 saturated heterocycles. The number of carbonyl (C=O) groups is 2. The monoisotopic (exact) mass is 596 g/mol. The van der Waals surface area contributed by atoms with Gasteiger partial charge < -0.3 is 19.5 Å². The summed E-state index contributed by atoms with van der Waals surface area (Å²) in [5.74, 6) is 0.254. The molecule has 3 aromatic carbocycles. The Morgan fingerprint density at radius 2 is 1.70 bits per heavy atom. The number of halogens is 1. The third-order valence-electron chi connectivity index (χ3n) is 7.01. The number of anilines is 2. The van der Waals surface area contributed by atoms with E-state index >= 15 is 0 Å². The molecule has 9 nitrogen and oxygen atoms in total. The maximum absolute atomic E-state index is 12.9. The topological polar surface area (TPSA) is 109 Å². The predicted molar refractivity (Wildman–Crippen MR) is 169 cm³/mol. The molecule has 0 radical (unpaired) electrons. The molecular weight excluding hydrogens is 568 g/mol. The molecule has 10 heteroatoms. The first-order valence-electron chi connectivity index (χ1n) is 13.7. The summed E-state index contributed by atoms with van der Waals surface area (Å²) >= 11 is 6.26. The number of amides is 2. The van der Waals surface area contributed by atoms with Crippen molar-refractivity contribution in [3.63, 3.8) is 0 Å². The molecule has 0 atom stereocenters. The van der Waals surface area contributed by atoms with Gasteiger partial charge in [-0.05, 0) is 66.6 Å². The van der Waals surface area contributed by atoms with Crippen LogP contribution in [-0.2, 0) is 9.59 Å². The second-order valence-corrected chi connectivity index (χ2v) is 10.5. The molecule has 0 saturated carbocycles. The standard InChI is InChI=1S/C33H29ClN4O5/c1-23-7-12-27(30(21-23)38(41)42)31-14-10-26(43-31)11-15-32(39)35-28-22-25(34)9-13-29(28)36-17-19-37(20-18-36)33(40)16-8-24-5-3-2-4-6-24/h2-16,21-22H,17-20H2,1H3,(H,35,39)/b15-11+,16-8+. The molecule has 4 aromatic rings. The number of nitrogens with zero attached hydrogens (tertiary/aromatic N) is 3. The number of nitro benzene ring substituents is 1. The molecule has 0 spiro atoms. The Kier molecular flexibility index (Phi) is 9.02. The number of piperazine rings is 1. The number of nitrogens with one attached hydrogen (secondary N) is 1. The fraction of sp³-hybridized carbons (Fsp3) is 0.152. The van der Waals surface area contributed by atoms with Crippen LogP contribution >= 0.6 is 11.6 Å². The molecule has 0 aliphatic carbocycles. The normalized spacial score (nSPS) is 13.5. The zero-order valence-electron chi connectivity index (χ0n) is 23.4. The van der Waals surface area contributed by atoms with Gasteiger partial charge >= 0.3 is 0 Å². The summed E-state index contributed by atoms with van der Waals surface area (Å²) in [5.41, 5.74) is 3.38. The second-order valence-electron chi connectivity index (χ2n) is 10.0. The zero-order chi connectivity index (χ0) is 30.3. The first-order valence-corrected chi connectivity index (χ1v) is 14.1. The van der Waals surface area contributed by atoms with Crippen molar-refractivity contribution >= 4 is 52.6 Å². The van der Waals surface area contributed by atoms with E-state index < -0.39 is 10.8 Å². The van der Waals surface area contributed by atoms with Crippen molar-refractivity contribution in [1.29, 1.82) is 0 Å². The number of carbonyl (C=O) groups excluding carboxylic acids is 2. The van der Waals surface area contributed by atoms with Gasteiger partial charge in [-0.25, -0.2) is 0 Å². The Labute approximate surface area is 253 Å². The van der Waals surface area contributed by atoms with Crippen LogP contribution in [0, 0.1) is 17.0 Å². The molecule has 1 aromatic heterocycles. The van der Waals surface area contributed by atoms with Crippen LogP contribution in [0.5, 0.6) is 0 Å². The van der Waals surface area contributed by atoms with Crippen LogP contribution in [0.2, 0.25) is 5.02 Å². The summed E-state index contributed by atoms with van der Waals surface area (Å²) < 4.78 is 5.77. The van der Waals surface area contributed by atoms with E-state index in [1.807, 2.05) is 42.5 Å². The molecule has 1 aliphatic heterocycles. The summed E-state index contributed by atoms with van der Waals surface area (Å²) in [4.78, 5) is 40.5. The molecule has 1 N–H and O–H groups in total. The Morgan fingerprint density at radius 1 is 0.930 bits per heavy atom. The minimum atomic E-state index is -0.447. The van der Waals surface area contributed by atoms with Gasteiger partial charge in [0.05, 0.1) is 21.9 Å². The van der Waals surface area contributed by atoms with Gasteiger partial charge in [-0.1, -0.05) is 48.0 Å². The second kappa shape index (κ2) is 13.2. The zero-order valence-corrected chi connectivity index (χ0v) is 24.2. The first-order chi connectivity index (χ1) is 20.8. The van der Waals surface area contributed by atoms with Crippen molar-refractivity contribution in [2.45, 2.75) is 6.92 Å². The molecule has 0 bridgehead atoms. The minimum absolute atomic E-state index is 0.0451. The van der Waals surface area contributed by atoms with Crippen LogP contribution in [0.4, 0.5) is 17.1 Å². The van der Waals surface area contributed by atoms with Crippen molar-refractivity contribution in [2.75, 3.05) is 36.4 Å². The Balaban J connectivity index is 1.22. The van der Waals surface area contributed by atoms with Crippen LogP contribution in [0.3, 0.4) is 0 Å². The van der Waals surface area contributed by atoms with E-state index in [1.54, 1.807) is 54.3 Å². The maximum Gasteiger partial charge on any atom is 0.280 e. The average Bonchev–Trinajstić information content (AvgIpc) is 3.48. The highest BCUT2D eigenvalue weighted by Crippen LogP contribution is 2.33. The van der Waals surface area contributed by atoms with Crippen LogP contribution in [-0.4, -0.2) is 47.8 Å². The summed E-state index contributed by atoms with van der Waals surface area (Å²) in [5, 5.41) is 14.9. The van der Waals surface area contributed by atoms with Crippen LogP contribution in [0.1, 0.15) is 16.9 Å². The van der Waals surface area contributed by atoms with E-state index in [1.165, 1.54) is 18.2 Å². The largest absolute Gasteiger partial charge is 0.456 e. The Hall–Kier alpha value is -5.15. The molecule has 2 heterocycles. The van der Waals surface area contributed by atoms with Crippen LogP contribution in [0.15, 0.2) is 95.4 Å². The van der Waals surface area contributed by atoms with Gasteiger partial charge in [-0.2, -0.15) is 0 Å². The average molecular weight is 597 g/mol. The lowest BCUT2D eigenvalue weighted by Crippen LogP contribution is -2.48. The van der Waals surface area contributed by atoms with Crippen LogP contribution in [0.25, 0.3) is 23.5 Å². The van der Waals surface area contributed by atoms with Gasteiger partial charge in [-0.3, -0.25) is 19.7 Å². The van der Waals surface area contributed by atoms with Gasteiger partial charge in [0.1, 0.15) is 11.5 Å². The van der Waals surface area contributed by atoms with Crippen molar-refractivity contribution in [3.8, 4) is 11.3 Å². The number of furan rings is 1. The highest BCUT2D eigenvalue weighted by atomic mass is 35.5. The smallest absolute Gasteiger partial charge is 0.280 e. The molecule has 218 valence electrons. The van der Waals surface area contributed by atoms with Crippen molar-refractivity contribution in [2.24, 2.45) is 0 Å². The molecule has 1 fully saturated rings.